The number of aliphatic hydroxyl groups is 1. The zero-order chi connectivity index (χ0) is 39.5. The van der Waals surface area contributed by atoms with Crippen LogP contribution in [0.1, 0.15) is 97.5 Å². The predicted octanol–water partition coefficient (Wildman–Crippen LogP) is 7.71. The minimum atomic E-state index is -4.86. The van der Waals surface area contributed by atoms with Crippen LogP contribution in [0.4, 0.5) is 22.0 Å². The van der Waals surface area contributed by atoms with E-state index in [-0.39, 0.29) is 74.9 Å². The van der Waals surface area contributed by atoms with E-state index in [9.17, 15) is 46.5 Å². The molecule has 4 atom stereocenters. The van der Waals surface area contributed by atoms with Crippen LogP contribution in [-0.4, -0.2) is 80.7 Å². The van der Waals surface area contributed by atoms with Gasteiger partial charge < -0.3 is 29.5 Å². The lowest BCUT2D eigenvalue weighted by molar-refractivity contribution is -0.163. The molecule has 2 saturated heterocycles. The van der Waals surface area contributed by atoms with Gasteiger partial charge in [0.15, 0.2) is 0 Å². The molecular weight excluding hydrogens is 749 g/mol. The second-order valence-electron chi connectivity index (χ2n) is 14.6. The number of ether oxygens (including phenoxy) is 2. The number of hydrogen-bond donors (Lipinski definition) is 2. The molecule has 2 N–H and O–H groups in total. The molecule has 3 aromatic rings. The van der Waals surface area contributed by atoms with Crippen molar-refractivity contribution >= 4 is 29.1 Å². The first kappa shape index (κ1) is 40.4. The molecule has 3 aliphatic rings. The topological polar surface area (TPSA) is 130 Å². The van der Waals surface area contributed by atoms with Gasteiger partial charge in [-0.15, -0.1) is 11.3 Å². The number of carboxylic acids is 1. The number of carboxylic acid groups (broad SMARTS) is 1. The number of para-hydroxylation sites is 1. The number of rotatable bonds is 12. The number of aliphatic carboxylic acids is 1. The smallest absolute Gasteiger partial charge is 0.417 e. The van der Waals surface area contributed by atoms with Crippen LogP contribution in [0.3, 0.4) is 0 Å². The highest BCUT2D eigenvalue weighted by Crippen LogP contribution is 2.44. The normalized spacial score (nSPS) is 24.2. The third kappa shape index (κ3) is 8.44. The molecule has 55 heavy (non-hydrogen) atoms. The number of hydrogen-bond acceptors (Lipinski definition) is 8. The molecule has 0 spiro atoms. The molecule has 4 heterocycles. The Bertz CT molecular complexity index is 1850. The van der Waals surface area contributed by atoms with Crippen LogP contribution in [0.5, 0.6) is 11.5 Å². The van der Waals surface area contributed by atoms with E-state index in [1.807, 2.05) is 0 Å². The summed E-state index contributed by atoms with van der Waals surface area (Å²) in [4.78, 5) is 46.7. The van der Waals surface area contributed by atoms with E-state index in [1.165, 1.54) is 15.2 Å². The fourth-order valence-corrected chi connectivity index (χ4v) is 8.99. The van der Waals surface area contributed by atoms with E-state index in [0.29, 0.717) is 37.0 Å². The van der Waals surface area contributed by atoms with Crippen molar-refractivity contribution in [2.45, 2.75) is 94.6 Å². The summed E-state index contributed by atoms with van der Waals surface area (Å²) >= 11 is 0.743. The number of aromatic nitrogens is 1. The Kier molecular flexibility index (Phi) is 12.1. The molecule has 1 saturated carbocycles. The van der Waals surface area contributed by atoms with Crippen molar-refractivity contribution in [1.82, 2.24) is 14.8 Å². The van der Waals surface area contributed by atoms with Crippen molar-refractivity contribution in [1.29, 1.82) is 0 Å². The number of amides is 2. The van der Waals surface area contributed by atoms with Crippen LogP contribution in [0.15, 0.2) is 54.2 Å². The monoisotopic (exact) mass is 793 g/mol. The SMILES string of the molecule is CCC[C@H]1N(C(=O)c2cnccc2C(F)(F)F)CCC[C@@]1(Oc1csc(C(F)F)c1)C(=O)N1CCC(O)(c2ccccc2OC[C@H]2CC[C@@H](C(=O)O)C2)CC1. The van der Waals surface area contributed by atoms with Gasteiger partial charge in [-0.1, -0.05) is 31.5 Å². The molecule has 16 heteroatoms. The third-order valence-corrected chi connectivity index (χ3v) is 12.1. The van der Waals surface area contributed by atoms with Gasteiger partial charge in [0.1, 0.15) is 11.5 Å². The summed E-state index contributed by atoms with van der Waals surface area (Å²) in [5, 5.41) is 22.8. The first-order valence-corrected chi connectivity index (χ1v) is 19.4. The molecule has 10 nitrogen and oxygen atoms in total. The maximum absolute atomic E-state index is 15.0. The number of piperidine rings is 2. The lowest BCUT2D eigenvalue weighted by Gasteiger charge is -2.51. The van der Waals surface area contributed by atoms with Crippen LogP contribution in [0.2, 0.25) is 0 Å². The molecule has 0 radical (unpaired) electrons. The molecule has 298 valence electrons. The minimum Gasteiger partial charge on any atom is -0.493 e. The van der Waals surface area contributed by atoms with Crippen molar-refractivity contribution in [3.63, 3.8) is 0 Å². The van der Waals surface area contributed by atoms with Crippen LogP contribution < -0.4 is 9.47 Å². The zero-order valence-corrected chi connectivity index (χ0v) is 31.1. The molecule has 0 unspecified atom stereocenters. The summed E-state index contributed by atoms with van der Waals surface area (Å²) in [6.45, 7) is 2.19. The lowest BCUT2D eigenvalue weighted by Crippen LogP contribution is -2.68. The molecule has 6 rings (SSSR count). The Hall–Kier alpha value is -4.31. The van der Waals surface area contributed by atoms with Crippen molar-refractivity contribution in [3.05, 3.63) is 75.7 Å². The van der Waals surface area contributed by atoms with Gasteiger partial charge >= 0.3 is 12.1 Å². The quantitative estimate of drug-likeness (QED) is 0.179. The molecule has 1 aliphatic carbocycles. The van der Waals surface area contributed by atoms with E-state index < -0.39 is 64.7 Å². The Morgan fingerprint density at radius 3 is 2.47 bits per heavy atom. The van der Waals surface area contributed by atoms with Crippen LogP contribution >= 0.6 is 11.3 Å². The van der Waals surface area contributed by atoms with Crippen molar-refractivity contribution in [3.8, 4) is 11.5 Å². The number of likely N-dealkylation sites (tertiary alicyclic amines) is 2. The van der Waals surface area contributed by atoms with Gasteiger partial charge in [0.05, 0.1) is 40.2 Å². The number of benzene rings is 1. The number of carbonyl (C=O) groups is 3. The summed E-state index contributed by atoms with van der Waals surface area (Å²) in [6.07, 6.45) is -3.11. The van der Waals surface area contributed by atoms with Gasteiger partial charge in [-0.25, -0.2) is 8.78 Å². The number of carbonyl (C=O) groups excluding carboxylic acids is 2. The lowest BCUT2D eigenvalue weighted by atomic mass is 9.78. The number of halogens is 5. The van der Waals surface area contributed by atoms with Gasteiger partial charge in [0.2, 0.25) is 5.60 Å². The maximum Gasteiger partial charge on any atom is 0.417 e. The minimum absolute atomic E-state index is 0.0158. The number of nitrogens with zero attached hydrogens (tertiary/aromatic N) is 3. The molecule has 2 amide bonds. The van der Waals surface area contributed by atoms with E-state index >= 15 is 0 Å². The summed E-state index contributed by atoms with van der Waals surface area (Å²) < 4.78 is 82.2. The molecular formula is C39H44F5N3O7S. The maximum atomic E-state index is 15.0. The van der Waals surface area contributed by atoms with Gasteiger partial charge in [0.25, 0.3) is 18.2 Å². The van der Waals surface area contributed by atoms with Gasteiger partial charge in [-0.2, -0.15) is 13.2 Å². The standard InChI is InChI=1S/C39H44F5N3O7S/c1-2-6-32-38(54-26-20-31(33(40)41)55-23-26,12-5-16-47(32)34(48)27-21-45-15-11-28(27)39(42,43)44)36(51)46-17-13-37(52,14-18-46)29-7-3-4-8-30(29)53-22-24-9-10-25(19-24)35(49)50/h3-4,7-8,11,15,20-21,23-25,32-33,52H,2,5-6,9-10,12-14,16-19,22H2,1H3,(H,49,50)/t24-,25+,32+,38-/m0/s1. The number of thiophene rings is 1. The third-order valence-electron chi connectivity index (χ3n) is 11.1. The fourth-order valence-electron chi connectivity index (χ4n) is 8.34. The highest BCUT2D eigenvalue weighted by Gasteiger charge is 2.56. The van der Waals surface area contributed by atoms with Gasteiger partial charge in [0, 0.05) is 49.4 Å². The first-order valence-electron chi connectivity index (χ1n) is 18.5. The van der Waals surface area contributed by atoms with Crippen LogP contribution in [0, 0.1) is 11.8 Å². The second-order valence-corrected chi connectivity index (χ2v) is 15.6. The molecule has 0 bridgehead atoms. The summed E-state index contributed by atoms with van der Waals surface area (Å²) in [5.41, 5.74) is -4.58. The highest BCUT2D eigenvalue weighted by atomic mass is 32.1. The fraction of sp³-hybridized carbons (Fsp3) is 0.538. The number of pyridine rings is 1. The van der Waals surface area contributed by atoms with Gasteiger partial charge in [-0.3, -0.25) is 19.4 Å². The van der Waals surface area contributed by atoms with E-state index in [1.54, 1.807) is 31.2 Å². The second kappa shape index (κ2) is 16.4. The average Bonchev–Trinajstić information content (AvgIpc) is 3.85. The van der Waals surface area contributed by atoms with E-state index in [4.69, 9.17) is 9.47 Å². The largest absolute Gasteiger partial charge is 0.493 e. The predicted molar refractivity (Wildman–Crippen MR) is 191 cm³/mol. The number of alkyl halides is 5. The zero-order valence-electron chi connectivity index (χ0n) is 30.3. The summed E-state index contributed by atoms with van der Waals surface area (Å²) in [5.74, 6) is -2.28. The van der Waals surface area contributed by atoms with Crippen LogP contribution in [0.25, 0.3) is 0 Å². The van der Waals surface area contributed by atoms with Crippen molar-refractivity contribution < 1.29 is 56.0 Å². The molecule has 3 fully saturated rings. The Labute approximate surface area is 319 Å². The van der Waals surface area contributed by atoms with E-state index in [0.717, 1.165) is 35.9 Å². The Morgan fingerprint density at radius 1 is 1.07 bits per heavy atom. The highest BCUT2D eigenvalue weighted by molar-refractivity contribution is 7.10. The summed E-state index contributed by atoms with van der Waals surface area (Å²) in [6, 6.07) is 7.80. The summed E-state index contributed by atoms with van der Waals surface area (Å²) in [7, 11) is 0. The van der Waals surface area contributed by atoms with Crippen LogP contribution in [-0.2, 0) is 21.4 Å². The molecule has 1 aromatic carbocycles. The van der Waals surface area contributed by atoms with E-state index in [2.05, 4.69) is 4.98 Å². The van der Waals surface area contributed by atoms with Gasteiger partial charge in [-0.05, 0) is 69.1 Å². The Balaban J connectivity index is 1.27. The Morgan fingerprint density at radius 2 is 1.82 bits per heavy atom. The molecule has 2 aromatic heterocycles. The average molecular weight is 794 g/mol. The first-order chi connectivity index (χ1) is 26.2. The van der Waals surface area contributed by atoms with Crippen molar-refractivity contribution in [2.24, 2.45) is 11.8 Å². The molecule has 2 aliphatic heterocycles. The van der Waals surface area contributed by atoms with Crippen molar-refractivity contribution in [2.75, 3.05) is 26.2 Å².